The molecule has 0 saturated heterocycles. The van der Waals surface area contributed by atoms with Crippen molar-refractivity contribution >= 4 is 20.9 Å². The van der Waals surface area contributed by atoms with Gasteiger partial charge in [0.05, 0.1) is 22.5 Å². The van der Waals surface area contributed by atoms with Gasteiger partial charge < -0.3 is 4.57 Å². The molecule has 0 unspecified atom stereocenters. The molecule has 1 saturated carbocycles. The molecular formula is C24H25F3N4O2S. The molecule has 10 heteroatoms. The second kappa shape index (κ2) is 8.40. The lowest BCUT2D eigenvalue weighted by atomic mass is 10.1. The fourth-order valence-corrected chi connectivity index (χ4v) is 5.81. The molecule has 0 amide bonds. The minimum Gasteiger partial charge on any atom is -0.335 e. The number of hydrogen-bond donors (Lipinski definition) is 1. The van der Waals surface area contributed by atoms with Crippen molar-refractivity contribution in [1.29, 1.82) is 5.26 Å². The molecule has 0 spiro atoms. The third kappa shape index (κ3) is 4.18. The quantitative estimate of drug-likeness (QED) is 0.503. The van der Waals surface area contributed by atoms with Crippen molar-refractivity contribution in [3.63, 3.8) is 0 Å². The van der Waals surface area contributed by atoms with Gasteiger partial charge >= 0.3 is 6.18 Å². The fraction of sp³-hybridized carbons (Fsp3) is 0.417. The van der Waals surface area contributed by atoms with Crippen molar-refractivity contribution < 1.29 is 21.6 Å². The molecule has 4 rings (SSSR count). The van der Waals surface area contributed by atoms with Crippen LogP contribution in [0.5, 0.6) is 0 Å². The van der Waals surface area contributed by atoms with Gasteiger partial charge in [-0.3, -0.25) is 4.98 Å². The third-order valence-corrected chi connectivity index (χ3v) is 7.99. The van der Waals surface area contributed by atoms with E-state index in [4.69, 9.17) is 0 Å². The Hall–Kier alpha value is -2.90. The highest BCUT2D eigenvalue weighted by Crippen LogP contribution is 2.41. The van der Waals surface area contributed by atoms with Gasteiger partial charge in [0, 0.05) is 17.6 Å². The topological polar surface area (TPSA) is 87.8 Å². The van der Waals surface area contributed by atoms with Gasteiger partial charge in [0.25, 0.3) is 0 Å². The van der Waals surface area contributed by atoms with Crippen molar-refractivity contribution in [2.24, 2.45) is 0 Å². The lowest BCUT2D eigenvalue weighted by Gasteiger charge is -2.28. The van der Waals surface area contributed by atoms with E-state index in [-0.39, 0.29) is 10.9 Å². The second-order valence-corrected chi connectivity index (χ2v) is 11.0. The van der Waals surface area contributed by atoms with Crippen molar-refractivity contribution in [2.75, 3.05) is 0 Å². The van der Waals surface area contributed by atoms with E-state index in [1.807, 2.05) is 25.1 Å². The number of alkyl halides is 3. The molecule has 3 aromatic rings. The number of fused-ring (bicyclic) bond motifs is 1. The predicted molar refractivity (Wildman–Crippen MR) is 123 cm³/mol. The van der Waals surface area contributed by atoms with Gasteiger partial charge in [-0.2, -0.15) is 23.2 Å². The van der Waals surface area contributed by atoms with Gasteiger partial charge in [-0.25, -0.2) is 8.42 Å². The summed E-state index contributed by atoms with van der Waals surface area (Å²) >= 11 is 0. The zero-order chi connectivity index (χ0) is 24.9. The minimum absolute atomic E-state index is 0.182. The van der Waals surface area contributed by atoms with Crippen LogP contribution in [0, 0.1) is 18.3 Å². The van der Waals surface area contributed by atoms with Gasteiger partial charge in [0.15, 0.2) is 0 Å². The second-order valence-electron chi connectivity index (χ2n) is 9.27. The summed E-state index contributed by atoms with van der Waals surface area (Å²) in [4.78, 5) is 3.91. The highest BCUT2D eigenvalue weighted by Gasteiger charge is 2.49. The summed E-state index contributed by atoms with van der Waals surface area (Å²) in [6.07, 6.45) is 0.325. The van der Waals surface area contributed by atoms with Crippen LogP contribution in [0.25, 0.3) is 22.3 Å². The average Bonchev–Trinajstić information content (AvgIpc) is 3.37. The molecule has 2 aromatic heterocycles. The zero-order valence-corrected chi connectivity index (χ0v) is 19.9. The summed E-state index contributed by atoms with van der Waals surface area (Å²) in [5.74, 6) is 0. The van der Waals surface area contributed by atoms with Crippen LogP contribution in [0.4, 0.5) is 13.2 Å². The number of nitriles is 1. The molecule has 34 heavy (non-hydrogen) atoms. The summed E-state index contributed by atoms with van der Waals surface area (Å²) in [5.41, 5.74) is 0.715. The Bertz CT molecular complexity index is 1380. The van der Waals surface area contributed by atoms with E-state index in [0.717, 1.165) is 62.2 Å². The van der Waals surface area contributed by atoms with Gasteiger partial charge in [0.1, 0.15) is 16.5 Å². The summed E-state index contributed by atoms with van der Waals surface area (Å²) in [6.45, 7) is 3.46. The standard InChI is InChI=1S/C24H25F3N4O2S/c1-15-8-11-21-18(12-15)19(13-28)22(31(21)16-6-4-5-7-16)20-10-9-17(14-29-20)34(32,33)30-23(2,3)24(25,26)27/h8-12,14,16,30H,4-7H2,1-3H3. The van der Waals surface area contributed by atoms with Crippen LogP contribution in [0.2, 0.25) is 0 Å². The number of rotatable bonds is 5. The molecular weight excluding hydrogens is 465 g/mol. The van der Waals surface area contributed by atoms with Gasteiger partial charge in [-0.05, 0) is 57.9 Å². The fourth-order valence-electron chi connectivity index (χ4n) is 4.47. The maximum absolute atomic E-state index is 13.2. The average molecular weight is 491 g/mol. The maximum Gasteiger partial charge on any atom is 0.407 e. The number of nitrogens with one attached hydrogen (secondary N) is 1. The molecule has 2 heterocycles. The Morgan fingerprint density at radius 3 is 2.38 bits per heavy atom. The van der Waals surface area contributed by atoms with Crippen molar-refractivity contribution in [3.8, 4) is 17.5 Å². The normalized spacial score (nSPS) is 15.7. The van der Waals surface area contributed by atoms with Crippen LogP contribution >= 0.6 is 0 Å². The Balaban J connectivity index is 1.82. The van der Waals surface area contributed by atoms with Crippen LogP contribution in [0.3, 0.4) is 0 Å². The van der Waals surface area contributed by atoms with E-state index in [1.54, 1.807) is 4.72 Å². The molecule has 0 bridgehead atoms. The molecule has 1 aliphatic carbocycles. The van der Waals surface area contributed by atoms with Crippen LogP contribution in [0.15, 0.2) is 41.4 Å². The first-order valence-electron chi connectivity index (χ1n) is 11.0. The lowest BCUT2D eigenvalue weighted by Crippen LogP contribution is -2.54. The van der Waals surface area contributed by atoms with E-state index >= 15 is 0 Å². The number of aromatic nitrogens is 2. The number of nitrogens with zero attached hydrogens (tertiary/aromatic N) is 3. The lowest BCUT2D eigenvalue weighted by molar-refractivity contribution is -0.180. The number of aryl methyl sites for hydroxylation is 1. The summed E-state index contributed by atoms with van der Waals surface area (Å²) in [5, 5.41) is 10.8. The van der Waals surface area contributed by atoms with Crippen molar-refractivity contribution in [1.82, 2.24) is 14.3 Å². The maximum atomic E-state index is 13.2. The molecule has 1 aliphatic rings. The number of hydrogen-bond acceptors (Lipinski definition) is 4. The van der Waals surface area contributed by atoms with Crippen molar-refractivity contribution in [2.45, 2.75) is 69.1 Å². The van der Waals surface area contributed by atoms with E-state index < -0.39 is 21.7 Å². The largest absolute Gasteiger partial charge is 0.407 e. The van der Waals surface area contributed by atoms with Crippen LogP contribution in [0.1, 0.15) is 56.7 Å². The molecule has 0 radical (unpaired) electrons. The van der Waals surface area contributed by atoms with Crippen LogP contribution in [-0.4, -0.2) is 29.7 Å². The van der Waals surface area contributed by atoms with Crippen LogP contribution in [-0.2, 0) is 10.0 Å². The molecule has 0 aliphatic heterocycles. The monoisotopic (exact) mass is 490 g/mol. The van der Waals surface area contributed by atoms with Crippen LogP contribution < -0.4 is 4.72 Å². The van der Waals surface area contributed by atoms with E-state index in [2.05, 4.69) is 15.6 Å². The highest BCUT2D eigenvalue weighted by molar-refractivity contribution is 7.89. The first-order valence-corrected chi connectivity index (χ1v) is 12.5. The number of pyridine rings is 1. The molecule has 1 aromatic carbocycles. The SMILES string of the molecule is Cc1ccc2c(c1)c(C#N)c(-c1ccc(S(=O)(=O)NC(C)(C)C(F)(F)F)cn1)n2C1CCCC1. The summed E-state index contributed by atoms with van der Waals surface area (Å²) in [7, 11) is -4.48. The Morgan fingerprint density at radius 1 is 1.15 bits per heavy atom. The number of sulfonamides is 1. The molecule has 0 atom stereocenters. The van der Waals surface area contributed by atoms with Gasteiger partial charge in [-0.15, -0.1) is 0 Å². The highest BCUT2D eigenvalue weighted by atomic mass is 32.2. The third-order valence-electron chi connectivity index (χ3n) is 6.35. The van der Waals surface area contributed by atoms with Crippen molar-refractivity contribution in [3.05, 3.63) is 47.7 Å². The summed E-state index contributed by atoms with van der Waals surface area (Å²) < 4.78 is 68.6. The van der Waals surface area contributed by atoms with E-state index in [1.165, 1.54) is 12.1 Å². The van der Waals surface area contributed by atoms with Gasteiger partial charge in [0.2, 0.25) is 10.0 Å². The smallest absolute Gasteiger partial charge is 0.335 e. The zero-order valence-electron chi connectivity index (χ0n) is 19.1. The Labute approximate surface area is 196 Å². The van der Waals surface area contributed by atoms with Gasteiger partial charge in [-0.1, -0.05) is 24.5 Å². The Morgan fingerprint density at radius 2 is 1.82 bits per heavy atom. The number of benzene rings is 1. The first kappa shape index (κ1) is 24.2. The first-order chi connectivity index (χ1) is 15.9. The molecule has 1 N–H and O–H groups in total. The number of halogens is 3. The minimum atomic E-state index is -4.77. The van der Waals surface area contributed by atoms with E-state index in [9.17, 15) is 26.9 Å². The van der Waals surface area contributed by atoms with E-state index in [0.29, 0.717) is 17.0 Å². The summed E-state index contributed by atoms with van der Waals surface area (Å²) in [6, 6.07) is 11.0. The molecule has 1 fully saturated rings. The molecule has 6 nitrogen and oxygen atoms in total. The predicted octanol–water partition coefficient (Wildman–Crippen LogP) is 5.62. The molecule has 180 valence electrons. The Kier molecular flexibility index (Phi) is 5.98.